The van der Waals surface area contributed by atoms with E-state index in [0.29, 0.717) is 34.8 Å². The van der Waals surface area contributed by atoms with Crippen molar-refractivity contribution in [3.05, 3.63) is 58.0 Å². The molecule has 2 heterocycles. The first-order chi connectivity index (χ1) is 15.2. The number of imidazole rings is 1. The molecule has 0 spiro atoms. The Morgan fingerprint density at radius 3 is 2.47 bits per heavy atom. The smallest absolute Gasteiger partial charge is 0.324 e. The average molecular weight is 477 g/mol. The minimum absolute atomic E-state index is 0.122. The molecule has 0 aliphatic carbocycles. The summed E-state index contributed by atoms with van der Waals surface area (Å²) in [5.74, 6) is -0.412. The highest BCUT2D eigenvalue weighted by molar-refractivity contribution is 7.89. The van der Waals surface area contributed by atoms with E-state index in [9.17, 15) is 18.0 Å². The second-order valence-corrected chi connectivity index (χ2v) is 10.5. The largest absolute Gasteiger partial charge is 0.329 e. The zero-order valence-electron chi connectivity index (χ0n) is 17.9. The molecule has 1 saturated heterocycles. The fourth-order valence-electron chi connectivity index (χ4n) is 4.06. The molecule has 8 nitrogen and oxygen atoms in total. The summed E-state index contributed by atoms with van der Waals surface area (Å²) in [6.07, 6.45) is 1.67. The lowest BCUT2D eigenvalue weighted by Crippen LogP contribution is -2.30. The van der Waals surface area contributed by atoms with Gasteiger partial charge in [-0.3, -0.25) is 13.9 Å². The maximum absolute atomic E-state index is 13.2. The minimum Gasteiger partial charge on any atom is -0.324 e. The lowest BCUT2D eigenvalue weighted by atomic mass is 10.3. The number of sulfonamides is 1. The van der Waals surface area contributed by atoms with Crippen molar-refractivity contribution in [3.8, 4) is 0 Å². The van der Waals surface area contributed by atoms with E-state index in [1.807, 2.05) is 13.8 Å². The van der Waals surface area contributed by atoms with Crippen LogP contribution in [0, 0.1) is 0 Å². The van der Waals surface area contributed by atoms with E-state index < -0.39 is 15.9 Å². The first-order valence-electron chi connectivity index (χ1n) is 10.5. The van der Waals surface area contributed by atoms with Gasteiger partial charge in [-0.1, -0.05) is 17.7 Å². The van der Waals surface area contributed by atoms with Gasteiger partial charge in [0, 0.05) is 29.8 Å². The van der Waals surface area contributed by atoms with Gasteiger partial charge in [0.1, 0.15) is 6.54 Å². The molecule has 1 amide bonds. The Bertz CT molecular complexity index is 1340. The van der Waals surface area contributed by atoms with Crippen molar-refractivity contribution in [1.82, 2.24) is 13.4 Å². The Balaban J connectivity index is 1.75. The first-order valence-corrected chi connectivity index (χ1v) is 12.3. The maximum atomic E-state index is 13.2. The van der Waals surface area contributed by atoms with Gasteiger partial charge in [-0.25, -0.2) is 13.2 Å². The van der Waals surface area contributed by atoms with Crippen LogP contribution in [-0.4, -0.2) is 40.9 Å². The molecule has 1 N–H and O–H groups in total. The van der Waals surface area contributed by atoms with Crippen LogP contribution in [0.4, 0.5) is 5.69 Å². The summed E-state index contributed by atoms with van der Waals surface area (Å²) in [5.41, 5.74) is 1.14. The maximum Gasteiger partial charge on any atom is 0.329 e. The van der Waals surface area contributed by atoms with E-state index in [2.05, 4.69) is 5.32 Å². The van der Waals surface area contributed by atoms with Crippen molar-refractivity contribution < 1.29 is 13.2 Å². The first kappa shape index (κ1) is 22.6. The molecule has 170 valence electrons. The number of amides is 1. The van der Waals surface area contributed by atoms with Crippen LogP contribution >= 0.6 is 11.6 Å². The van der Waals surface area contributed by atoms with E-state index in [0.717, 1.165) is 12.8 Å². The SMILES string of the molecule is CC(C)n1c(=O)n(CC(=O)Nc2cccc(Cl)c2)c2cc(S(=O)(=O)N3CCCC3)ccc21. The average Bonchev–Trinajstić information content (AvgIpc) is 3.35. The predicted molar refractivity (Wildman–Crippen MR) is 125 cm³/mol. The summed E-state index contributed by atoms with van der Waals surface area (Å²) < 4.78 is 30.4. The molecular formula is C22H25ClN4O4S. The lowest BCUT2D eigenvalue weighted by Gasteiger charge is -2.16. The molecule has 0 saturated carbocycles. The van der Waals surface area contributed by atoms with Crippen molar-refractivity contribution in [2.75, 3.05) is 18.4 Å². The highest BCUT2D eigenvalue weighted by atomic mass is 35.5. The highest BCUT2D eigenvalue weighted by Crippen LogP contribution is 2.26. The van der Waals surface area contributed by atoms with Crippen molar-refractivity contribution in [2.45, 2.75) is 44.2 Å². The standard InChI is InChI=1S/C22H25ClN4O4S/c1-15(2)27-19-9-8-18(32(30,31)25-10-3-4-11-25)13-20(19)26(22(27)29)14-21(28)24-17-7-5-6-16(23)12-17/h5-9,12-13,15H,3-4,10-11,14H2,1-2H3,(H,24,28). The Hall–Kier alpha value is -2.62. The molecule has 4 rings (SSSR count). The molecule has 0 unspecified atom stereocenters. The number of nitrogens with one attached hydrogen (secondary N) is 1. The van der Waals surface area contributed by atoms with Gasteiger partial charge in [0.25, 0.3) is 0 Å². The van der Waals surface area contributed by atoms with Gasteiger partial charge < -0.3 is 5.32 Å². The molecule has 2 aromatic carbocycles. The van der Waals surface area contributed by atoms with Gasteiger partial charge >= 0.3 is 5.69 Å². The highest BCUT2D eigenvalue weighted by Gasteiger charge is 2.28. The molecular weight excluding hydrogens is 452 g/mol. The van der Waals surface area contributed by atoms with E-state index in [4.69, 9.17) is 11.6 Å². The van der Waals surface area contributed by atoms with Gasteiger partial charge in [0.15, 0.2) is 0 Å². The van der Waals surface area contributed by atoms with Gasteiger partial charge in [-0.2, -0.15) is 4.31 Å². The number of rotatable bonds is 6. The summed E-state index contributed by atoms with van der Waals surface area (Å²) in [4.78, 5) is 26.0. The van der Waals surface area contributed by atoms with E-state index in [1.165, 1.54) is 21.0 Å². The van der Waals surface area contributed by atoms with E-state index in [-0.39, 0.29) is 23.2 Å². The number of hydrogen-bond acceptors (Lipinski definition) is 4. The van der Waals surface area contributed by atoms with Gasteiger partial charge in [0.05, 0.1) is 15.9 Å². The number of aromatic nitrogens is 2. The van der Waals surface area contributed by atoms with Crippen molar-refractivity contribution >= 4 is 44.3 Å². The number of hydrogen-bond donors (Lipinski definition) is 1. The van der Waals surface area contributed by atoms with Gasteiger partial charge in [0.2, 0.25) is 15.9 Å². The third-order valence-electron chi connectivity index (χ3n) is 5.56. The third kappa shape index (κ3) is 4.20. The fraction of sp³-hybridized carbons (Fsp3) is 0.364. The second kappa shape index (κ2) is 8.73. The van der Waals surface area contributed by atoms with E-state index in [1.54, 1.807) is 34.9 Å². The Morgan fingerprint density at radius 2 is 1.81 bits per heavy atom. The molecule has 0 atom stereocenters. The van der Waals surface area contributed by atoms with Crippen LogP contribution in [0.3, 0.4) is 0 Å². The molecule has 0 bridgehead atoms. The summed E-state index contributed by atoms with van der Waals surface area (Å²) in [6.45, 7) is 4.46. The zero-order valence-corrected chi connectivity index (χ0v) is 19.5. The van der Waals surface area contributed by atoms with Crippen molar-refractivity contribution in [3.63, 3.8) is 0 Å². The molecule has 1 aliphatic rings. The number of carbonyl (C=O) groups excluding carboxylic acids is 1. The number of anilines is 1. The van der Waals surface area contributed by atoms with Crippen molar-refractivity contribution in [1.29, 1.82) is 0 Å². The molecule has 1 aromatic heterocycles. The molecule has 1 aliphatic heterocycles. The Morgan fingerprint density at radius 1 is 1.09 bits per heavy atom. The number of nitrogens with zero attached hydrogens (tertiary/aromatic N) is 3. The molecule has 0 radical (unpaired) electrons. The van der Waals surface area contributed by atoms with Crippen LogP contribution in [-0.2, 0) is 21.4 Å². The minimum atomic E-state index is -3.66. The number of carbonyl (C=O) groups is 1. The topological polar surface area (TPSA) is 93.4 Å². The number of fused-ring (bicyclic) bond motifs is 1. The third-order valence-corrected chi connectivity index (χ3v) is 7.69. The monoisotopic (exact) mass is 476 g/mol. The van der Waals surface area contributed by atoms with E-state index >= 15 is 0 Å². The summed E-state index contributed by atoms with van der Waals surface area (Å²) in [7, 11) is -3.66. The van der Waals surface area contributed by atoms with Crippen LogP contribution < -0.4 is 11.0 Å². The molecule has 10 heteroatoms. The van der Waals surface area contributed by atoms with Crippen LogP contribution in [0.1, 0.15) is 32.7 Å². The summed E-state index contributed by atoms with van der Waals surface area (Å²) in [5, 5.41) is 3.21. The Labute approximate surface area is 191 Å². The molecule has 32 heavy (non-hydrogen) atoms. The van der Waals surface area contributed by atoms with Crippen LogP contribution in [0.15, 0.2) is 52.2 Å². The predicted octanol–water partition coefficient (Wildman–Crippen LogP) is 3.46. The molecule has 3 aromatic rings. The zero-order chi connectivity index (χ0) is 23.0. The quantitative estimate of drug-likeness (QED) is 0.589. The number of halogens is 1. The number of benzene rings is 2. The lowest BCUT2D eigenvalue weighted by molar-refractivity contribution is -0.116. The molecule has 1 fully saturated rings. The Kier molecular flexibility index (Phi) is 6.15. The van der Waals surface area contributed by atoms with Crippen LogP contribution in [0.5, 0.6) is 0 Å². The second-order valence-electron chi connectivity index (χ2n) is 8.15. The van der Waals surface area contributed by atoms with Crippen molar-refractivity contribution in [2.24, 2.45) is 0 Å². The van der Waals surface area contributed by atoms with Crippen LogP contribution in [0.25, 0.3) is 11.0 Å². The van der Waals surface area contributed by atoms with Gasteiger partial charge in [-0.15, -0.1) is 0 Å². The van der Waals surface area contributed by atoms with Gasteiger partial charge in [-0.05, 0) is 63.1 Å². The van der Waals surface area contributed by atoms with Crippen LogP contribution in [0.2, 0.25) is 5.02 Å². The fourth-order valence-corrected chi connectivity index (χ4v) is 5.79. The normalized spacial score (nSPS) is 15.0. The summed E-state index contributed by atoms with van der Waals surface area (Å²) >= 11 is 5.97. The summed E-state index contributed by atoms with van der Waals surface area (Å²) in [6, 6.07) is 11.2.